The molecule has 0 aliphatic carbocycles. The number of hydrogen-bond donors (Lipinski definition) is 1. The molecule has 1 aliphatic heterocycles. The molecule has 0 spiro atoms. The first-order valence-electron chi connectivity index (χ1n) is 9.37. The maximum Gasteiger partial charge on any atom is 0.266 e. The van der Waals surface area contributed by atoms with Gasteiger partial charge in [-0.1, -0.05) is 61.2 Å². The van der Waals surface area contributed by atoms with Crippen molar-refractivity contribution in [2.24, 2.45) is 0 Å². The molecular formula is C22H22N2O3S2. The van der Waals surface area contributed by atoms with E-state index in [1.165, 1.54) is 16.7 Å². The van der Waals surface area contributed by atoms with Crippen molar-refractivity contribution in [3.63, 3.8) is 0 Å². The van der Waals surface area contributed by atoms with Gasteiger partial charge in [-0.2, -0.15) is 0 Å². The minimum absolute atomic E-state index is 0.108. The Bertz CT molecular complexity index is 955. The zero-order chi connectivity index (χ0) is 20.8. The first kappa shape index (κ1) is 21.1. The highest BCUT2D eigenvalue weighted by Gasteiger charge is 2.33. The number of rotatable bonds is 7. The average molecular weight is 427 g/mol. The molecule has 0 atom stereocenters. The number of amides is 2. The van der Waals surface area contributed by atoms with Crippen LogP contribution in [0.5, 0.6) is 5.75 Å². The molecule has 1 saturated heterocycles. The van der Waals surface area contributed by atoms with E-state index in [0.29, 0.717) is 15.8 Å². The number of hydrogen-bond acceptors (Lipinski definition) is 5. The van der Waals surface area contributed by atoms with E-state index in [9.17, 15) is 9.59 Å². The van der Waals surface area contributed by atoms with Crippen molar-refractivity contribution in [2.75, 3.05) is 18.5 Å². The molecule has 3 rings (SSSR count). The van der Waals surface area contributed by atoms with Gasteiger partial charge in [0.2, 0.25) is 5.91 Å². The second-order valence-electron chi connectivity index (χ2n) is 6.33. The number of ether oxygens (including phenoxy) is 1. The highest BCUT2D eigenvalue weighted by atomic mass is 32.2. The lowest BCUT2D eigenvalue weighted by molar-refractivity contribution is -0.126. The molecule has 5 nitrogen and oxygen atoms in total. The third-order valence-electron chi connectivity index (χ3n) is 4.34. The molecule has 0 aromatic heterocycles. The quantitative estimate of drug-likeness (QED) is 0.522. The number of carbonyl (C=O) groups excluding carboxylic acids is 2. The molecule has 0 saturated carbocycles. The van der Waals surface area contributed by atoms with Crippen molar-refractivity contribution in [2.45, 2.75) is 20.3 Å². The van der Waals surface area contributed by atoms with Crippen LogP contribution in [0.1, 0.15) is 25.0 Å². The molecule has 150 valence electrons. The zero-order valence-corrected chi connectivity index (χ0v) is 17.9. The summed E-state index contributed by atoms with van der Waals surface area (Å²) in [5, 5.41) is 2.88. The molecule has 29 heavy (non-hydrogen) atoms. The van der Waals surface area contributed by atoms with Crippen LogP contribution in [-0.4, -0.2) is 34.2 Å². The molecule has 2 amide bonds. The van der Waals surface area contributed by atoms with Crippen LogP contribution in [-0.2, 0) is 16.0 Å². The number of thiocarbonyl (C=S) groups is 1. The van der Waals surface area contributed by atoms with E-state index in [0.717, 1.165) is 29.0 Å². The fraction of sp³-hybridized carbons (Fsp3) is 0.227. The predicted octanol–water partition coefficient (Wildman–Crippen LogP) is 4.49. The second-order valence-corrected chi connectivity index (χ2v) is 8.00. The lowest BCUT2D eigenvalue weighted by Crippen LogP contribution is -2.36. The van der Waals surface area contributed by atoms with E-state index in [-0.39, 0.29) is 18.4 Å². The summed E-state index contributed by atoms with van der Waals surface area (Å²) in [4.78, 5) is 27.1. The van der Waals surface area contributed by atoms with Crippen molar-refractivity contribution in [3.8, 4) is 5.75 Å². The molecular weight excluding hydrogens is 404 g/mol. The summed E-state index contributed by atoms with van der Waals surface area (Å²) >= 11 is 6.53. The highest BCUT2D eigenvalue weighted by Crippen LogP contribution is 2.32. The van der Waals surface area contributed by atoms with Crippen LogP contribution in [0.25, 0.3) is 6.08 Å². The Morgan fingerprint density at radius 1 is 1.17 bits per heavy atom. The van der Waals surface area contributed by atoms with Gasteiger partial charge >= 0.3 is 0 Å². The van der Waals surface area contributed by atoms with Gasteiger partial charge in [0, 0.05) is 5.69 Å². The van der Waals surface area contributed by atoms with Gasteiger partial charge in [0.15, 0.2) is 0 Å². The van der Waals surface area contributed by atoms with E-state index < -0.39 is 0 Å². The van der Waals surface area contributed by atoms with Crippen molar-refractivity contribution >= 4 is 51.9 Å². The number of anilines is 1. The van der Waals surface area contributed by atoms with Crippen LogP contribution in [0.15, 0.2) is 53.4 Å². The van der Waals surface area contributed by atoms with Gasteiger partial charge < -0.3 is 10.1 Å². The minimum atomic E-state index is -0.274. The zero-order valence-electron chi connectivity index (χ0n) is 16.3. The molecule has 2 aromatic rings. The molecule has 2 aromatic carbocycles. The van der Waals surface area contributed by atoms with Gasteiger partial charge in [-0.15, -0.1) is 0 Å². The Labute approximate surface area is 180 Å². The maximum atomic E-state index is 12.7. The van der Waals surface area contributed by atoms with Crippen LogP contribution in [0, 0.1) is 0 Å². The Kier molecular flexibility index (Phi) is 7.06. The van der Waals surface area contributed by atoms with Crippen molar-refractivity contribution in [3.05, 3.63) is 64.6 Å². The van der Waals surface area contributed by atoms with E-state index in [1.807, 2.05) is 62.4 Å². The molecule has 1 aliphatic rings. The fourth-order valence-electron chi connectivity index (χ4n) is 2.90. The van der Waals surface area contributed by atoms with E-state index in [2.05, 4.69) is 5.32 Å². The smallest absolute Gasteiger partial charge is 0.266 e. The average Bonchev–Trinajstić information content (AvgIpc) is 2.97. The number of carbonyl (C=O) groups is 2. The summed E-state index contributed by atoms with van der Waals surface area (Å²) in [6.07, 6.45) is 2.58. The topological polar surface area (TPSA) is 58.6 Å². The Morgan fingerprint density at radius 3 is 2.59 bits per heavy atom. The molecule has 1 heterocycles. The van der Waals surface area contributed by atoms with Crippen LogP contribution < -0.4 is 10.1 Å². The third-order valence-corrected chi connectivity index (χ3v) is 5.71. The summed E-state index contributed by atoms with van der Waals surface area (Å²) in [5.41, 5.74) is 2.67. The Morgan fingerprint density at radius 2 is 1.90 bits per heavy atom. The monoisotopic (exact) mass is 426 g/mol. The van der Waals surface area contributed by atoms with Crippen molar-refractivity contribution in [1.82, 2.24) is 4.90 Å². The SMILES string of the molecule is CCOc1ccc(C=C2SC(=S)N(CC(=O)Nc3ccccc3CC)C2=O)cc1. The van der Waals surface area contributed by atoms with Gasteiger partial charge in [-0.05, 0) is 48.7 Å². The van der Waals surface area contributed by atoms with Gasteiger partial charge in [0.05, 0.1) is 11.5 Å². The van der Waals surface area contributed by atoms with Crippen LogP contribution in [0.2, 0.25) is 0 Å². The lowest BCUT2D eigenvalue weighted by atomic mass is 10.1. The lowest BCUT2D eigenvalue weighted by Gasteiger charge is -2.15. The summed E-state index contributed by atoms with van der Waals surface area (Å²) in [7, 11) is 0. The Balaban J connectivity index is 1.67. The van der Waals surface area contributed by atoms with E-state index in [1.54, 1.807) is 6.08 Å². The van der Waals surface area contributed by atoms with Gasteiger partial charge in [-0.3, -0.25) is 14.5 Å². The second kappa shape index (κ2) is 9.71. The number of benzene rings is 2. The summed E-state index contributed by atoms with van der Waals surface area (Å²) in [6, 6.07) is 15.1. The number of thioether (sulfide) groups is 1. The van der Waals surface area contributed by atoms with Gasteiger partial charge in [-0.25, -0.2) is 0 Å². The first-order valence-corrected chi connectivity index (χ1v) is 10.6. The largest absolute Gasteiger partial charge is 0.494 e. The van der Waals surface area contributed by atoms with E-state index >= 15 is 0 Å². The van der Waals surface area contributed by atoms with Crippen LogP contribution in [0.3, 0.4) is 0 Å². The highest BCUT2D eigenvalue weighted by molar-refractivity contribution is 8.26. The molecule has 7 heteroatoms. The van der Waals surface area contributed by atoms with Crippen molar-refractivity contribution < 1.29 is 14.3 Å². The molecule has 1 N–H and O–H groups in total. The van der Waals surface area contributed by atoms with Crippen LogP contribution in [0.4, 0.5) is 5.69 Å². The maximum absolute atomic E-state index is 12.7. The fourth-order valence-corrected chi connectivity index (χ4v) is 4.15. The van der Waals surface area contributed by atoms with Gasteiger partial charge in [0.25, 0.3) is 5.91 Å². The normalized spacial score (nSPS) is 15.1. The standard InChI is InChI=1S/C22H22N2O3S2/c1-3-16-7-5-6-8-18(16)23-20(25)14-24-21(26)19(29-22(24)28)13-15-9-11-17(12-10-15)27-4-2/h5-13H,3-4,14H2,1-2H3,(H,23,25). The molecule has 0 unspecified atom stereocenters. The minimum Gasteiger partial charge on any atom is -0.494 e. The number of nitrogens with one attached hydrogen (secondary N) is 1. The summed E-state index contributed by atoms with van der Waals surface area (Å²) < 4.78 is 5.81. The molecule has 0 radical (unpaired) electrons. The number of aryl methyl sites for hydroxylation is 1. The summed E-state index contributed by atoms with van der Waals surface area (Å²) in [5.74, 6) is 0.249. The number of para-hydroxylation sites is 1. The Hall–Kier alpha value is -2.64. The van der Waals surface area contributed by atoms with Crippen LogP contribution >= 0.6 is 24.0 Å². The molecule has 1 fully saturated rings. The predicted molar refractivity (Wildman–Crippen MR) is 122 cm³/mol. The summed E-state index contributed by atoms with van der Waals surface area (Å²) in [6.45, 7) is 4.45. The first-order chi connectivity index (χ1) is 14.0. The van der Waals surface area contributed by atoms with Gasteiger partial charge in [0.1, 0.15) is 16.6 Å². The molecule has 0 bridgehead atoms. The number of nitrogens with zero attached hydrogens (tertiary/aromatic N) is 1. The third kappa shape index (κ3) is 5.25. The van der Waals surface area contributed by atoms with E-state index in [4.69, 9.17) is 17.0 Å². The van der Waals surface area contributed by atoms with Crippen molar-refractivity contribution in [1.29, 1.82) is 0 Å².